The molecular weight excluding hydrogens is 400 g/mol. The van der Waals surface area contributed by atoms with Crippen LogP contribution in [0.1, 0.15) is 45.2 Å². The van der Waals surface area contributed by atoms with Crippen LogP contribution < -0.4 is 0 Å². The van der Waals surface area contributed by atoms with Gasteiger partial charge in [0.15, 0.2) is 0 Å². The fourth-order valence-electron chi connectivity index (χ4n) is 5.53. The highest BCUT2D eigenvalue weighted by Crippen LogP contribution is 2.51. The standard InChI is InChI=1S/C32H30O/c1-20-11-9-12-21(2)28(20)31-27(33)19-26(24-15-5-6-16-24)30(25-17-7-8-18-25)32(31)29-22(3)13-10-14-23(29)4/h5-19,24-25,33H,1-4H3. The zero-order chi connectivity index (χ0) is 23.1. The van der Waals surface area contributed by atoms with E-state index in [1.807, 2.05) is 6.07 Å². The van der Waals surface area contributed by atoms with Gasteiger partial charge in [0.05, 0.1) is 0 Å². The lowest BCUT2D eigenvalue weighted by Gasteiger charge is -2.28. The third-order valence-corrected chi connectivity index (χ3v) is 7.03. The molecule has 0 saturated carbocycles. The van der Waals surface area contributed by atoms with Crippen molar-refractivity contribution in [2.24, 2.45) is 0 Å². The summed E-state index contributed by atoms with van der Waals surface area (Å²) < 4.78 is 0. The van der Waals surface area contributed by atoms with Crippen LogP contribution in [0.25, 0.3) is 22.3 Å². The first-order chi connectivity index (χ1) is 16.0. The molecule has 0 atom stereocenters. The molecule has 0 saturated heterocycles. The lowest BCUT2D eigenvalue weighted by Crippen LogP contribution is -2.07. The van der Waals surface area contributed by atoms with E-state index in [4.69, 9.17) is 0 Å². The maximum absolute atomic E-state index is 11.7. The smallest absolute Gasteiger partial charge is 0.124 e. The van der Waals surface area contributed by atoms with E-state index in [9.17, 15) is 5.11 Å². The average Bonchev–Trinajstić information content (AvgIpc) is 3.49. The number of hydrogen-bond donors (Lipinski definition) is 1. The normalized spacial score (nSPS) is 15.3. The summed E-state index contributed by atoms with van der Waals surface area (Å²) in [6.07, 6.45) is 17.4. The minimum atomic E-state index is 0.156. The minimum absolute atomic E-state index is 0.156. The maximum Gasteiger partial charge on any atom is 0.124 e. The van der Waals surface area contributed by atoms with Crippen molar-refractivity contribution < 1.29 is 5.11 Å². The zero-order valence-corrected chi connectivity index (χ0v) is 19.8. The van der Waals surface area contributed by atoms with Gasteiger partial charge in [0.25, 0.3) is 0 Å². The van der Waals surface area contributed by atoms with E-state index < -0.39 is 0 Å². The van der Waals surface area contributed by atoms with Crippen LogP contribution in [-0.2, 0) is 0 Å². The van der Waals surface area contributed by atoms with Crippen LogP contribution in [0.5, 0.6) is 5.75 Å². The fraction of sp³-hybridized carbons (Fsp3) is 0.188. The lowest BCUT2D eigenvalue weighted by molar-refractivity contribution is 0.476. The number of allylic oxidation sites excluding steroid dienone is 8. The molecule has 33 heavy (non-hydrogen) atoms. The van der Waals surface area contributed by atoms with Crippen LogP contribution in [0.15, 0.2) is 91.1 Å². The van der Waals surface area contributed by atoms with Gasteiger partial charge < -0.3 is 5.11 Å². The van der Waals surface area contributed by atoms with Gasteiger partial charge in [0.2, 0.25) is 0 Å². The fourth-order valence-corrected chi connectivity index (χ4v) is 5.53. The molecule has 0 radical (unpaired) electrons. The molecule has 2 aliphatic rings. The summed E-state index contributed by atoms with van der Waals surface area (Å²) in [6, 6.07) is 14.9. The molecule has 0 spiro atoms. The molecule has 1 N–H and O–H groups in total. The van der Waals surface area contributed by atoms with E-state index in [1.54, 1.807) is 0 Å². The third-order valence-electron chi connectivity index (χ3n) is 7.03. The van der Waals surface area contributed by atoms with Gasteiger partial charge in [0, 0.05) is 17.4 Å². The molecule has 0 aliphatic heterocycles. The van der Waals surface area contributed by atoms with Crippen molar-refractivity contribution in [3.8, 4) is 28.0 Å². The molecular formula is C32H30O. The van der Waals surface area contributed by atoms with Crippen LogP contribution >= 0.6 is 0 Å². The Hall–Kier alpha value is -3.58. The molecule has 1 heteroatoms. The summed E-state index contributed by atoms with van der Waals surface area (Å²) in [7, 11) is 0. The van der Waals surface area contributed by atoms with E-state index in [0.717, 1.165) is 16.7 Å². The quantitative estimate of drug-likeness (QED) is 0.441. The Balaban J connectivity index is 1.99. The first-order valence-corrected chi connectivity index (χ1v) is 11.7. The number of phenols is 1. The maximum atomic E-state index is 11.7. The third kappa shape index (κ3) is 3.58. The molecule has 0 bridgehead atoms. The van der Waals surface area contributed by atoms with Gasteiger partial charge in [-0.2, -0.15) is 0 Å². The van der Waals surface area contributed by atoms with Gasteiger partial charge in [-0.3, -0.25) is 0 Å². The van der Waals surface area contributed by atoms with Gasteiger partial charge in [-0.15, -0.1) is 0 Å². The largest absolute Gasteiger partial charge is 0.507 e. The van der Waals surface area contributed by atoms with Gasteiger partial charge in [-0.25, -0.2) is 0 Å². The molecule has 5 rings (SSSR count). The van der Waals surface area contributed by atoms with Gasteiger partial charge >= 0.3 is 0 Å². The second-order valence-corrected chi connectivity index (χ2v) is 9.27. The summed E-state index contributed by atoms with van der Waals surface area (Å²) >= 11 is 0. The first kappa shape index (κ1) is 21.3. The predicted octanol–water partition coefficient (Wildman–Crippen LogP) is 8.38. The second kappa shape index (κ2) is 8.41. The summed E-state index contributed by atoms with van der Waals surface area (Å²) in [4.78, 5) is 0. The summed E-state index contributed by atoms with van der Waals surface area (Å²) in [5, 5.41) is 11.7. The molecule has 0 unspecified atom stereocenters. The van der Waals surface area contributed by atoms with Crippen LogP contribution in [0, 0.1) is 27.7 Å². The Labute approximate surface area is 197 Å². The number of aryl methyl sites for hydroxylation is 4. The number of rotatable bonds is 4. The molecule has 0 heterocycles. The molecule has 0 aromatic heterocycles. The van der Waals surface area contributed by atoms with Crippen molar-refractivity contribution in [2.75, 3.05) is 0 Å². The lowest BCUT2D eigenvalue weighted by atomic mass is 9.76. The molecule has 3 aromatic carbocycles. The van der Waals surface area contributed by atoms with Crippen molar-refractivity contribution in [3.63, 3.8) is 0 Å². The highest BCUT2D eigenvalue weighted by molar-refractivity contribution is 5.95. The van der Waals surface area contributed by atoms with E-state index in [2.05, 4.69) is 113 Å². The second-order valence-electron chi connectivity index (χ2n) is 9.27. The Kier molecular flexibility index (Phi) is 5.42. The van der Waals surface area contributed by atoms with Crippen molar-refractivity contribution in [1.82, 2.24) is 0 Å². The van der Waals surface area contributed by atoms with Crippen LogP contribution in [0.3, 0.4) is 0 Å². The molecule has 3 aromatic rings. The minimum Gasteiger partial charge on any atom is -0.507 e. The van der Waals surface area contributed by atoms with E-state index in [1.165, 1.54) is 38.9 Å². The number of hydrogen-bond acceptors (Lipinski definition) is 1. The molecule has 1 nitrogen and oxygen atoms in total. The van der Waals surface area contributed by atoms with Crippen LogP contribution in [0.4, 0.5) is 0 Å². The SMILES string of the molecule is Cc1cccc(C)c1-c1c(O)cc(C2C=CC=C2)c(C2C=CC=C2)c1-c1c(C)cccc1C. The Bertz CT molecular complexity index is 1300. The number of aromatic hydroxyl groups is 1. The summed E-state index contributed by atoms with van der Waals surface area (Å²) in [6.45, 7) is 8.64. The van der Waals surface area contributed by atoms with Crippen molar-refractivity contribution in [2.45, 2.75) is 39.5 Å². The van der Waals surface area contributed by atoms with Crippen molar-refractivity contribution >= 4 is 0 Å². The van der Waals surface area contributed by atoms with Crippen LogP contribution in [-0.4, -0.2) is 5.11 Å². The summed E-state index contributed by atoms with van der Waals surface area (Å²) in [5.41, 5.74) is 11.7. The highest BCUT2D eigenvalue weighted by Gasteiger charge is 2.29. The molecule has 2 aliphatic carbocycles. The molecule has 0 amide bonds. The average molecular weight is 431 g/mol. The summed E-state index contributed by atoms with van der Waals surface area (Å²) in [5.74, 6) is 0.673. The van der Waals surface area contributed by atoms with Crippen molar-refractivity contribution in [1.29, 1.82) is 0 Å². The topological polar surface area (TPSA) is 20.2 Å². The van der Waals surface area contributed by atoms with E-state index in [0.29, 0.717) is 5.75 Å². The van der Waals surface area contributed by atoms with Gasteiger partial charge in [0.1, 0.15) is 5.75 Å². The Morgan fingerprint density at radius 2 is 0.970 bits per heavy atom. The molecule has 164 valence electrons. The Morgan fingerprint density at radius 3 is 1.45 bits per heavy atom. The van der Waals surface area contributed by atoms with Crippen LogP contribution in [0.2, 0.25) is 0 Å². The Morgan fingerprint density at radius 1 is 0.545 bits per heavy atom. The number of phenolic OH excluding ortho intramolecular Hbond substituents is 1. The zero-order valence-electron chi connectivity index (χ0n) is 19.8. The molecule has 0 fully saturated rings. The van der Waals surface area contributed by atoms with Gasteiger partial charge in [-0.1, -0.05) is 85.0 Å². The highest BCUT2D eigenvalue weighted by atomic mass is 16.3. The van der Waals surface area contributed by atoms with Crippen molar-refractivity contribution in [3.05, 3.63) is 124 Å². The van der Waals surface area contributed by atoms with E-state index >= 15 is 0 Å². The first-order valence-electron chi connectivity index (χ1n) is 11.7. The monoisotopic (exact) mass is 430 g/mol. The van der Waals surface area contributed by atoms with E-state index in [-0.39, 0.29) is 11.8 Å². The number of benzene rings is 3. The van der Waals surface area contributed by atoms with Gasteiger partial charge in [-0.05, 0) is 83.8 Å². The predicted molar refractivity (Wildman–Crippen MR) is 140 cm³/mol.